The largest absolute Gasteiger partial charge is 0.457 e. The van der Waals surface area contributed by atoms with Gasteiger partial charge in [-0.25, -0.2) is 0 Å². The summed E-state index contributed by atoms with van der Waals surface area (Å²) in [4.78, 5) is 22.8. The highest BCUT2D eigenvalue weighted by molar-refractivity contribution is 6.09. The number of benzene rings is 2. The van der Waals surface area contributed by atoms with E-state index in [1.54, 1.807) is 37.3 Å². The molecule has 3 rings (SSSR count). The summed E-state index contributed by atoms with van der Waals surface area (Å²) in [7, 11) is 0. The molecule has 0 unspecified atom stereocenters. The molecule has 1 heterocycles. The zero-order valence-corrected chi connectivity index (χ0v) is 15.8. The van der Waals surface area contributed by atoms with E-state index < -0.39 is 10.8 Å². The average molecular weight is 387 g/mol. The number of nitriles is 1. The van der Waals surface area contributed by atoms with Gasteiger partial charge in [0.25, 0.3) is 11.6 Å². The number of nitro groups is 1. The number of carbonyl (C=O) groups excluding carboxylic acids is 1. The fraction of sp³-hybridized carbons (Fsp3) is 0.0909. The minimum Gasteiger partial charge on any atom is -0.457 e. The maximum absolute atomic E-state index is 12.4. The molecule has 0 atom stereocenters. The Hall–Kier alpha value is -4.18. The van der Waals surface area contributed by atoms with E-state index in [1.165, 1.54) is 18.2 Å². The van der Waals surface area contributed by atoms with Crippen LogP contribution in [-0.2, 0) is 4.79 Å². The Morgan fingerprint density at radius 3 is 2.55 bits per heavy atom. The number of aryl methyl sites for hydroxylation is 2. The summed E-state index contributed by atoms with van der Waals surface area (Å²) in [6.45, 7) is 3.60. The second-order valence-electron chi connectivity index (χ2n) is 6.40. The van der Waals surface area contributed by atoms with E-state index in [2.05, 4.69) is 5.32 Å². The smallest absolute Gasteiger partial charge is 0.269 e. The molecule has 0 fully saturated rings. The Morgan fingerprint density at radius 1 is 1.14 bits per heavy atom. The van der Waals surface area contributed by atoms with Gasteiger partial charge in [-0.15, -0.1) is 0 Å². The van der Waals surface area contributed by atoms with Crippen molar-refractivity contribution in [3.63, 3.8) is 0 Å². The van der Waals surface area contributed by atoms with Gasteiger partial charge in [0.05, 0.1) is 4.92 Å². The van der Waals surface area contributed by atoms with E-state index in [1.807, 2.05) is 25.1 Å². The topological polar surface area (TPSA) is 109 Å². The van der Waals surface area contributed by atoms with Gasteiger partial charge in [-0.3, -0.25) is 14.9 Å². The number of carbonyl (C=O) groups is 1. The van der Waals surface area contributed by atoms with E-state index in [0.717, 1.165) is 5.56 Å². The summed E-state index contributed by atoms with van der Waals surface area (Å²) in [6.07, 6.45) is 1.36. The number of para-hydroxylation sites is 1. The van der Waals surface area contributed by atoms with Crippen molar-refractivity contribution in [1.82, 2.24) is 0 Å². The molecule has 0 saturated carbocycles. The van der Waals surface area contributed by atoms with E-state index in [-0.39, 0.29) is 11.3 Å². The van der Waals surface area contributed by atoms with Crippen LogP contribution in [-0.4, -0.2) is 10.8 Å². The van der Waals surface area contributed by atoms with Crippen molar-refractivity contribution < 1.29 is 14.1 Å². The predicted molar refractivity (Wildman–Crippen MR) is 109 cm³/mol. The molecule has 1 N–H and O–H groups in total. The normalized spacial score (nSPS) is 11.0. The summed E-state index contributed by atoms with van der Waals surface area (Å²) >= 11 is 0. The molecule has 1 amide bonds. The number of furan rings is 1. The van der Waals surface area contributed by atoms with E-state index in [0.29, 0.717) is 28.3 Å². The number of hydrogen-bond donors (Lipinski definition) is 1. The molecule has 7 heteroatoms. The van der Waals surface area contributed by atoms with Crippen LogP contribution < -0.4 is 5.32 Å². The lowest BCUT2D eigenvalue weighted by molar-refractivity contribution is -0.384. The molecule has 144 valence electrons. The summed E-state index contributed by atoms with van der Waals surface area (Å²) in [6, 6.07) is 16.9. The molecule has 0 radical (unpaired) electrons. The Balaban J connectivity index is 1.84. The number of hydrogen-bond acceptors (Lipinski definition) is 5. The number of rotatable bonds is 5. The summed E-state index contributed by atoms with van der Waals surface area (Å²) in [5.74, 6) is 0.278. The van der Waals surface area contributed by atoms with Crippen molar-refractivity contribution in [1.29, 1.82) is 5.26 Å². The molecular weight excluding hydrogens is 370 g/mol. The zero-order valence-electron chi connectivity index (χ0n) is 15.8. The van der Waals surface area contributed by atoms with Gasteiger partial charge in [-0.05, 0) is 49.2 Å². The first-order chi connectivity index (χ1) is 13.9. The van der Waals surface area contributed by atoms with Crippen LogP contribution in [0.5, 0.6) is 0 Å². The zero-order chi connectivity index (χ0) is 21.0. The number of nitro benzene ring substituents is 1. The number of nitrogens with one attached hydrogen (secondary N) is 1. The molecule has 3 aromatic rings. The molecule has 0 aliphatic heterocycles. The lowest BCUT2D eigenvalue weighted by Gasteiger charge is -2.06. The lowest BCUT2D eigenvalue weighted by Crippen LogP contribution is -2.14. The van der Waals surface area contributed by atoms with Crippen molar-refractivity contribution in [2.45, 2.75) is 13.8 Å². The van der Waals surface area contributed by atoms with Gasteiger partial charge in [0, 0.05) is 29.5 Å². The van der Waals surface area contributed by atoms with Crippen LogP contribution in [0.3, 0.4) is 0 Å². The highest BCUT2D eigenvalue weighted by Crippen LogP contribution is 2.29. The molecule has 0 spiro atoms. The first kappa shape index (κ1) is 19.6. The fourth-order valence-corrected chi connectivity index (χ4v) is 2.81. The van der Waals surface area contributed by atoms with Crippen molar-refractivity contribution in [3.8, 4) is 17.4 Å². The number of anilines is 1. The van der Waals surface area contributed by atoms with E-state index in [4.69, 9.17) is 4.42 Å². The average Bonchev–Trinajstić information content (AvgIpc) is 3.16. The Labute approximate surface area is 167 Å². The Kier molecular flexibility index (Phi) is 5.56. The second kappa shape index (κ2) is 8.23. The van der Waals surface area contributed by atoms with Crippen molar-refractivity contribution in [2.24, 2.45) is 0 Å². The first-order valence-corrected chi connectivity index (χ1v) is 8.73. The summed E-state index contributed by atoms with van der Waals surface area (Å²) in [5, 5.41) is 23.0. The van der Waals surface area contributed by atoms with Crippen molar-refractivity contribution in [3.05, 3.63) is 87.2 Å². The SMILES string of the molecule is Cc1ccccc1NC(=O)C(C#N)=Cc1ccc(-c2ccc([N+](=O)[O-])cc2C)o1. The van der Waals surface area contributed by atoms with Gasteiger partial charge < -0.3 is 9.73 Å². The van der Waals surface area contributed by atoms with Gasteiger partial charge in [0.1, 0.15) is 23.2 Å². The molecule has 0 aliphatic carbocycles. The van der Waals surface area contributed by atoms with Crippen LogP contribution >= 0.6 is 0 Å². The van der Waals surface area contributed by atoms with Gasteiger partial charge >= 0.3 is 0 Å². The standard InChI is InChI=1S/C22H17N3O4/c1-14-5-3-4-6-20(14)24-22(26)16(13-23)12-18-8-10-21(29-18)19-9-7-17(25(27)28)11-15(19)2/h3-12H,1-2H3,(H,24,26). The second-order valence-corrected chi connectivity index (χ2v) is 6.40. The highest BCUT2D eigenvalue weighted by atomic mass is 16.6. The van der Waals surface area contributed by atoms with Crippen LogP contribution in [0.4, 0.5) is 11.4 Å². The quantitative estimate of drug-likeness (QED) is 0.286. The molecule has 29 heavy (non-hydrogen) atoms. The third-order valence-electron chi connectivity index (χ3n) is 4.36. The fourth-order valence-electron chi connectivity index (χ4n) is 2.81. The molecule has 0 saturated heterocycles. The van der Waals surface area contributed by atoms with Crippen LogP contribution in [0.2, 0.25) is 0 Å². The van der Waals surface area contributed by atoms with Crippen molar-refractivity contribution in [2.75, 3.05) is 5.32 Å². The molecule has 1 aromatic heterocycles. The Morgan fingerprint density at radius 2 is 1.90 bits per heavy atom. The van der Waals surface area contributed by atoms with Gasteiger partial charge in [0.15, 0.2) is 0 Å². The first-order valence-electron chi connectivity index (χ1n) is 8.73. The Bertz CT molecular complexity index is 1170. The number of amides is 1. The maximum Gasteiger partial charge on any atom is 0.269 e. The molecular formula is C22H17N3O4. The van der Waals surface area contributed by atoms with Gasteiger partial charge in [-0.1, -0.05) is 18.2 Å². The summed E-state index contributed by atoms with van der Waals surface area (Å²) < 4.78 is 5.73. The highest BCUT2D eigenvalue weighted by Gasteiger charge is 2.14. The van der Waals surface area contributed by atoms with Gasteiger partial charge in [-0.2, -0.15) is 5.26 Å². The minimum atomic E-state index is -0.536. The summed E-state index contributed by atoms with van der Waals surface area (Å²) in [5.41, 5.74) is 2.78. The molecule has 0 aliphatic rings. The monoisotopic (exact) mass is 387 g/mol. The molecule has 7 nitrogen and oxygen atoms in total. The number of nitrogens with zero attached hydrogens (tertiary/aromatic N) is 2. The van der Waals surface area contributed by atoms with Crippen LogP contribution in [0.1, 0.15) is 16.9 Å². The molecule has 2 aromatic carbocycles. The molecule has 0 bridgehead atoms. The number of non-ortho nitro benzene ring substituents is 1. The predicted octanol–water partition coefficient (Wildman–Crippen LogP) is 5.02. The minimum absolute atomic E-state index is 0.00225. The van der Waals surface area contributed by atoms with Gasteiger partial charge in [0.2, 0.25) is 0 Å². The maximum atomic E-state index is 12.4. The van der Waals surface area contributed by atoms with Crippen LogP contribution in [0, 0.1) is 35.3 Å². The third-order valence-corrected chi connectivity index (χ3v) is 4.36. The lowest BCUT2D eigenvalue weighted by atomic mass is 10.1. The van der Waals surface area contributed by atoms with E-state index >= 15 is 0 Å². The van der Waals surface area contributed by atoms with Crippen LogP contribution in [0.15, 0.2) is 64.6 Å². The van der Waals surface area contributed by atoms with Crippen LogP contribution in [0.25, 0.3) is 17.4 Å². The third kappa shape index (κ3) is 4.39. The van der Waals surface area contributed by atoms with E-state index in [9.17, 15) is 20.2 Å². The van der Waals surface area contributed by atoms with Crippen molar-refractivity contribution >= 4 is 23.4 Å².